The highest BCUT2D eigenvalue weighted by atomic mass is 35.5. The van der Waals surface area contributed by atoms with Crippen LogP contribution < -0.4 is 14.2 Å². The van der Waals surface area contributed by atoms with Gasteiger partial charge in [0.2, 0.25) is 0 Å². The Morgan fingerprint density at radius 2 is 1.72 bits per heavy atom. The third kappa shape index (κ3) is 4.53. The predicted molar refractivity (Wildman–Crippen MR) is 128 cm³/mol. The zero-order valence-corrected chi connectivity index (χ0v) is 19.6. The molecule has 0 aliphatic heterocycles. The Hall–Kier alpha value is -3.18. The Labute approximate surface area is 193 Å². The minimum atomic E-state index is 0.378. The molecule has 0 saturated carbocycles. The van der Waals surface area contributed by atoms with Gasteiger partial charge in [-0.1, -0.05) is 29.8 Å². The summed E-state index contributed by atoms with van der Waals surface area (Å²) in [4.78, 5) is 4.83. The van der Waals surface area contributed by atoms with Gasteiger partial charge < -0.3 is 18.8 Å². The first-order valence-electron chi connectivity index (χ1n) is 10.5. The normalized spacial score (nSPS) is 11.0. The standard InChI is InChI=1S/C26H27ClN2O3/c1-17-6-5-7-23(18(17)2)32-16-26-28-21-10-9-20(27)15-22(21)29(26)13-12-19-8-11-24(30-3)25(14-19)31-4/h5-11,14-15H,12-13,16H2,1-4H3. The summed E-state index contributed by atoms with van der Waals surface area (Å²) in [6, 6.07) is 17.9. The minimum Gasteiger partial charge on any atom is -0.493 e. The molecule has 32 heavy (non-hydrogen) atoms. The maximum absolute atomic E-state index is 6.30. The first-order chi connectivity index (χ1) is 15.5. The van der Waals surface area contributed by atoms with Crippen LogP contribution in [0.5, 0.6) is 17.2 Å². The number of aromatic nitrogens is 2. The van der Waals surface area contributed by atoms with Crippen molar-refractivity contribution in [3.8, 4) is 17.2 Å². The van der Waals surface area contributed by atoms with E-state index in [1.807, 2.05) is 42.5 Å². The number of methoxy groups -OCH3 is 2. The average Bonchev–Trinajstić information content (AvgIpc) is 3.14. The third-order valence-electron chi connectivity index (χ3n) is 5.77. The molecule has 1 heterocycles. The minimum absolute atomic E-state index is 0.378. The fraction of sp³-hybridized carbons (Fsp3) is 0.269. The van der Waals surface area contributed by atoms with E-state index in [1.54, 1.807) is 14.2 Å². The van der Waals surface area contributed by atoms with Gasteiger partial charge in [-0.3, -0.25) is 0 Å². The molecule has 0 radical (unpaired) electrons. The second kappa shape index (κ2) is 9.53. The summed E-state index contributed by atoms with van der Waals surface area (Å²) < 4.78 is 19.2. The third-order valence-corrected chi connectivity index (χ3v) is 6.01. The van der Waals surface area contributed by atoms with Gasteiger partial charge in [-0.15, -0.1) is 0 Å². The van der Waals surface area contributed by atoms with Crippen molar-refractivity contribution < 1.29 is 14.2 Å². The van der Waals surface area contributed by atoms with Gasteiger partial charge in [0.05, 0.1) is 25.3 Å². The monoisotopic (exact) mass is 450 g/mol. The Morgan fingerprint density at radius 3 is 2.50 bits per heavy atom. The molecule has 5 nitrogen and oxygen atoms in total. The van der Waals surface area contributed by atoms with Crippen molar-refractivity contribution in [1.29, 1.82) is 0 Å². The van der Waals surface area contributed by atoms with Crippen LogP contribution in [0.25, 0.3) is 11.0 Å². The van der Waals surface area contributed by atoms with Gasteiger partial charge in [0, 0.05) is 11.6 Å². The molecule has 0 aliphatic carbocycles. The number of hydrogen-bond acceptors (Lipinski definition) is 4. The van der Waals surface area contributed by atoms with Gasteiger partial charge in [-0.05, 0) is 73.4 Å². The number of fused-ring (bicyclic) bond motifs is 1. The van der Waals surface area contributed by atoms with Crippen molar-refractivity contribution >= 4 is 22.6 Å². The molecule has 0 amide bonds. The highest BCUT2D eigenvalue weighted by Gasteiger charge is 2.14. The van der Waals surface area contributed by atoms with Crippen LogP contribution in [0.1, 0.15) is 22.5 Å². The highest BCUT2D eigenvalue weighted by Crippen LogP contribution is 2.29. The smallest absolute Gasteiger partial charge is 0.160 e. The van der Waals surface area contributed by atoms with Crippen LogP contribution >= 0.6 is 11.6 Å². The van der Waals surface area contributed by atoms with Crippen LogP contribution in [0.2, 0.25) is 5.02 Å². The zero-order valence-electron chi connectivity index (χ0n) is 18.8. The second-order valence-corrected chi connectivity index (χ2v) is 8.18. The van der Waals surface area contributed by atoms with Gasteiger partial charge in [-0.2, -0.15) is 0 Å². The molecule has 0 saturated heterocycles. The number of halogens is 1. The Bertz CT molecular complexity index is 1250. The lowest BCUT2D eigenvalue weighted by molar-refractivity contribution is 0.288. The molecule has 4 aromatic rings. The van der Waals surface area contributed by atoms with E-state index in [0.29, 0.717) is 11.6 Å². The van der Waals surface area contributed by atoms with Gasteiger partial charge in [0.15, 0.2) is 11.5 Å². The van der Waals surface area contributed by atoms with Crippen LogP contribution in [0.4, 0.5) is 0 Å². The summed E-state index contributed by atoms with van der Waals surface area (Å²) in [5, 5.41) is 0.687. The van der Waals surface area contributed by atoms with E-state index in [-0.39, 0.29) is 0 Å². The zero-order chi connectivity index (χ0) is 22.7. The van der Waals surface area contributed by atoms with Crippen molar-refractivity contribution in [2.75, 3.05) is 14.2 Å². The number of aryl methyl sites for hydroxylation is 3. The number of rotatable bonds is 8. The maximum Gasteiger partial charge on any atom is 0.160 e. The van der Waals surface area contributed by atoms with Crippen molar-refractivity contribution in [1.82, 2.24) is 9.55 Å². The molecule has 0 bridgehead atoms. The lowest BCUT2D eigenvalue weighted by Crippen LogP contribution is -2.10. The van der Waals surface area contributed by atoms with Crippen LogP contribution in [-0.4, -0.2) is 23.8 Å². The molecule has 166 valence electrons. The number of imidazole rings is 1. The van der Waals surface area contributed by atoms with Gasteiger partial charge in [0.1, 0.15) is 18.2 Å². The Morgan fingerprint density at radius 1 is 0.906 bits per heavy atom. The molecule has 0 atom stereocenters. The fourth-order valence-electron chi connectivity index (χ4n) is 3.81. The summed E-state index contributed by atoms with van der Waals surface area (Å²) in [6.45, 7) is 5.27. The predicted octanol–water partition coefficient (Wildman–Crippen LogP) is 6.15. The molecular weight excluding hydrogens is 424 g/mol. The molecule has 0 unspecified atom stereocenters. The largest absolute Gasteiger partial charge is 0.493 e. The molecule has 6 heteroatoms. The van der Waals surface area contributed by atoms with E-state index in [2.05, 4.69) is 30.5 Å². The number of ether oxygens (including phenoxy) is 3. The van der Waals surface area contributed by atoms with E-state index in [0.717, 1.165) is 58.2 Å². The summed E-state index contributed by atoms with van der Waals surface area (Å²) in [6.07, 6.45) is 0.800. The molecule has 0 spiro atoms. The SMILES string of the molecule is COc1ccc(CCn2c(COc3cccc(C)c3C)nc3ccc(Cl)cc32)cc1OC. The van der Waals surface area contributed by atoms with Crippen LogP contribution in [0.3, 0.4) is 0 Å². The van der Waals surface area contributed by atoms with E-state index in [1.165, 1.54) is 5.56 Å². The number of benzene rings is 3. The Kier molecular flexibility index (Phi) is 6.56. The molecule has 0 aliphatic rings. The summed E-state index contributed by atoms with van der Waals surface area (Å²) in [5.41, 5.74) is 5.39. The van der Waals surface area contributed by atoms with Gasteiger partial charge in [0.25, 0.3) is 0 Å². The first kappa shape index (κ1) is 22.0. The highest BCUT2D eigenvalue weighted by molar-refractivity contribution is 6.31. The molecule has 4 rings (SSSR count). The van der Waals surface area contributed by atoms with Crippen molar-refractivity contribution in [3.63, 3.8) is 0 Å². The van der Waals surface area contributed by atoms with Crippen molar-refractivity contribution in [2.45, 2.75) is 33.4 Å². The average molecular weight is 451 g/mol. The quantitative estimate of drug-likeness (QED) is 0.323. The summed E-state index contributed by atoms with van der Waals surface area (Å²) in [5.74, 6) is 3.19. The lowest BCUT2D eigenvalue weighted by Gasteiger charge is -2.14. The van der Waals surface area contributed by atoms with Crippen molar-refractivity contribution in [3.05, 3.63) is 82.1 Å². The van der Waals surface area contributed by atoms with Gasteiger partial charge in [-0.25, -0.2) is 4.98 Å². The van der Waals surface area contributed by atoms with E-state index >= 15 is 0 Å². The Balaban J connectivity index is 1.62. The molecule has 0 fully saturated rings. The van der Waals surface area contributed by atoms with E-state index < -0.39 is 0 Å². The first-order valence-corrected chi connectivity index (χ1v) is 10.9. The molecule has 1 aromatic heterocycles. The molecule has 3 aromatic carbocycles. The van der Waals surface area contributed by atoms with Gasteiger partial charge >= 0.3 is 0 Å². The topological polar surface area (TPSA) is 45.5 Å². The lowest BCUT2D eigenvalue weighted by atomic mass is 10.1. The molecular formula is C26H27ClN2O3. The summed E-state index contributed by atoms with van der Waals surface area (Å²) >= 11 is 6.30. The number of nitrogens with zero attached hydrogens (tertiary/aromatic N) is 2. The van der Waals surface area contributed by atoms with Crippen molar-refractivity contribution in [2.24, 2.45) is 0 Å². The van der Waals surface area contributed by atoms with Crippen LogP contribution in [0.15, 0.2) is 54.6 Å². The van der Waals surface area contributed by atoms with Crippen LogP contribution in [0, 0.1) is 13.8 Å². The maximum atomic E-state index is 6.30. The fourth-order valence-corrected chi connectivity index (χ4v) is 3.97. The summed E-state index contributed by atoms with van der Waals surface area (Å²) in [7, 11) is 3.29. The van der Waals surface area contributed by atoms with E-state index in [4.69, 9.17) is 30.8 Å². The second-order valence-electron chi connectivity index (χ2n) is 7.74. The van der Waals surface area contributed by atoms with E-state index in [9.17, 15) is 0 Å². The molecule has 0 N–H and O–H groups in total. The number of hydrogen-bond donors (Lipinski definition) is 0. The van der Waals surface area contributed by atoms with Crippen LogP contribution in [-0.2, 0) is 19.6 Å².